The van der Waals surface area contributed by atoms with Crippen LogP contribution >= 0.6 is 0 Å². The Hall–Kier alpha value is -1.48. The lowest BCUT2D eigenvalue weighted by Gasteiger charge is -2.01. The summed E-state index contributed by atoms with van der Waals surface area (Å²) in [6, 6.07) is 0. The van der Waals surface area contributed by atoms with Gasteiger partial charge in [0, 0.05) is 5.57 Å². The SMILES string of the molecule is C1=C=C2C=CC=CCC2=CC=1. The Kier molecular flexibility index (Phi) is 1.50. The molecule has 0 saturated heterocycles. The van der Waals surface area contributed by atoms with Crippen molar-refractivity contribution in [3.05, 3.63) is 59.1 Å². The van der Waals surface area contributed by atoms with Crippen molar-refractivity contribution < 1.29 is 0 Å². The summed E-state index contributed by atoms with van der Waals surface area (Å²) in [5.41, 5.74) is 8.51. The molecule has 52 valence electrons. The van der Waals surface area contributed by atoms with Gasteiger partial charge in [-0.3, -0.25) is 0 Å². The van der Waals surface area contributed by atoms with E-state index >= 15 is 0 Å². The molecule has 0 aromatic rings. The fraction of sp³-hybridized carbons (Fsp3) is 0.0909. The highest BCUT2D eigenvalue weighted by molar-refractivity contribution is 5.46. The molecule has 2 aliphatic rings. The third kappa shape index (κ3) is 1.18. The topological polar surface area (TPSA) is 0 Å². The van der Waals surface area contributed by atoms with E-state index in [9.17, 15) is 0 Å². The highest BCUT2D eigenvalue weighted by Crippen LogP contribution is 2.19. The summed E-state index contributed by atoms with van der Waals surface area (Å²) in [7, 11) is 0. The van der Waals surface area contributed by atoms with E-state index in [1.165, 1.54) is 5.57 Å². The minimum atomic E-state index is 1.01. The Balaban J connectivity index is 2.52. The van der Waals surface area contributed by atoms with Crippen LogP contribution in [0, 0.1) is 0 Å². The van der Waals surface area contributed by atoms with Crippen molar-refractivity contribution in [2.75, 3.05) is 0 Å². The fourth-order valence-electron chi connectivity index (χ4n) is 1.18. The molecule has 0 fully saturated rings. The minimum Gasteiger partial charge on any atom is -0.0801 e. The standard InChI is InChI=1S/C11H8/c1-2-6-10-8-4-5-9-11(10)7-3-1/h1-4,7-8H,6H2. The zero-order chi connectivity index (χ0) is 7.52. The van der Waals surface area contributed by atoms with Crippen LogP contribution in [0.5, 0.6) is 0 Å². The highest BCUT2D eigenvalue weighted by Gasteiger charge is 2.01. The van der Waals surface area contributed by atoms with Crippen molar-refractivity contribution in [1.82, 2.24) is 0 Å². The Morgan fingerprint density at radius 1 is 1.27 bits per heavy atom. The van der Waals surface area contributed by atoms with Crippen LogP contribution in [-0.2, 0) is 0 Å². The quantitative estimate of drug-likeness (QED) is 0.454. The van der Waals surface area contributed by atoms with Crippen LogP contribution in [0.1, 0.15) is 6.42 Å². The number of hydrogen-bond acceptors (Lipinski definition) is 0. The van der Waals surface area contributed by atoms with Gasteiger partial charge in [-0.05, 0) is 30.2 Å². The molecule has 0 heterocycles. The summed E-state index contributed by atoms with van der Waals surface area (Å²) in [5, 5.41) is 0. The van der Waals surface area contributed by atoms with E-state index in [2.05, 4.69) is 35.8 Å². The van der Waals surface area contributed by atoms with Crippen molar-refractivity contribution >= 4 is 0 Å². The maximum atomic E-state index is 3.08. The van der Waals surface area contributed by atoms with Gasteiger partial charge in [0.2, 0.25) is 0 Å². The van der Waals surface area contributed by atoms with E-state index in [0.717, 1.165) is 12.0 Å². The summed E-state index contributed by atoms with van der Waals surface area (Å²) >= 11 is 0. The monoisotopic (exact) mass is 140 g/mol. The molecule has 0 heteroatoms. The molecule has 0 radical (unpaired) electrons. The molecule has 0 unspecified atom stereocenters. The molecule has 0 atom stereocenters. The molecule has 0 aromatic carbocycles. The summed E-state index contributed by atoms with van der Waals surface area (Å²) in [4.78, 5) is 0. The smallest absolute Gasteiger partial charge is 0.0284 e. The van der Waals surface area contributed by atoms with E-state index in [1.807, 2.05) is 12.2 Å². The molecule has 0 aromatic heterocycles. The summed E-state index contributed by atoms with van der Waals surface area (Å²) in [5.74, 6) is 0. The van der Waals surface area contributed by atoms with Crippen LogP contribution in [0.2, 0.25) is 0 Å². The van der Waals surface area contributed by atoms with Crippen LogP contribution in [-0.4, -0.2) is 0 Å². The maximum Gasteiger partial charge on any atom is 0.0284 e. The zero-order valence-electron chi connectivity index (χ0n) is 6.17. The molecule has 0 amide bonds. The lowest BCUT2D eigenvalue weighted by molar-refractivity contribution is 1.25. The van der Waals surface area contributed by atoms with Gasteiger partial charge in [-0.15, -0.1) is 0 Å². The summed E-state index contributed by atoms with van der Waals surface area (Å²) in [6.45, 7) is 0. The lowest BCUT2D eigenvalue weighted by Crippen LogP contribution is -1.83. The van der Waals surface area contributed by atoms with Crippen molar-refractivity contribution in [1.29, 1.82) is 0 Å². The molecule has 0 spiro atoms. The van der Waals surface area contributed by atoms with Gasteiger partial charge in [0.25, 0.3) is 0 Å². The van der Waals surface area contributed by atoms with Gasteiger partial charge in [-0.25, -0.2) is 0 Å². The molecule has 0 saturated carbocycles. The average Bonchev–Trinajstić information content (AvgIpc) is 2.28. The van der Waals surface area contributed by atoms with Crippen LogP contribution in [0.3, 0.4) is 0 Å². The van der Waals surface area contributed by atoms with Crippen molar-refractivity contribution in [2.45, 2.75) is 6.42 Å². The van der Waals surface area contributed by atoms with Crippen LogP contribution < -0.4 is 0 Å². The van der Waals surface area contributed by atoms with E-state index in [4.69, 9.17) is 0 Å². The molecular formula is C11H8. The normalized spacial score (nSPS) is 18.9. The second-order valence-corrected chi connectivity index (χ2v) is 2.53. The first-order valence-electron chi connectivity index (χ1n) is 3.71. The number of fused-ring (bicyclic) bond motifs is 1. The summed E-state index contributed by atoms with van der Waals surface area (Å²) < 4.78 is 0. The van der Waals surface area contributed by atoms with Gasteiger partial charge in [-0.1, -0.05) is 29.7 Å². The van der Waals surface area contributed by atoms with E-state index < -0.39 is 0 Å². The van der Waals surface area contributed by atoms with Gasteiger partial charge in [0.1, 0.15) is 0 Å². The fourth-order valence-corrected chi connectivity index (χ4v) is 1.18. The van der Waals surface area contributed by atoms with E-state index in [1.54, 1.807) is 0 Å². The maximum absolute atomic E-state index is 3.08. The van der Waals surface area contributed by atoms with Gasteiger partial charge >= 0.3 is 0 Å². The Morgan fingerprint density at radius 3 is 3.27 bits per heavy atom. The first-order chi connectivity index (χ1) is 5.47. The number of hydrogen-bond donors (Lipinski definition) is 0. The zero-order valence-corrected chi connectivity index (χ0v) is 6.17. The summed E-state index contributed by atoms with van der Waals surface area (Å²) in [6.07, 6.45) is 13.3. The van der Waals surface area contributed by atoms with Gasteiger partial charge in [0.05, 0.1) is 0 Å². The molecule has 2 rings (SSSR count). The van der Waals surface area contributed by atoms with Crippen molar-refractivity contribution in [2.24, 2.45) is 0 Å². The van der Waals surface area contributed by atoms with Crippen LogP contribution in [0.25, 0.3) is 0 Å². The van der Waals surface area contributed by atoms with Crippen LogP contribution in [0.15, 0.2) is 59.1 Å². The Labute approximate surface area is 66.2 Å². The van der Waals surface area contributed by atoms with Gasteiger partial charge < -0.3 is 0 Å². The first-order valence-corrected chi connectivity index (χ1v) is 3.71. The Morgan fingerprint density at radius 2 is 2.27 bits per heavy atom. The van der Waals surface area contributed by atoms with Gasteiger partial charge in [-0.2, -0.15) is 0 Å². The minimum absolute atomic E-state index is 1.01. The first kappa shape index (κ1) is 6.24. The third-order valence-electron chi connectivity index (χ3n) is 1.77. The number of allylic oxidation sites excluding steroid dienone is 8. The average molecular weight is 140 g/mol. The Bertz CT molecular complexity index is 349. The molecule has 0 N–H and O–H groups in total. The van der Waals surface area contributed by atoms with Crippen molar-refractivity contribution in [3.63, 3.8) is 0 Å². The molecule has 0 bridgehead atoms. The predicted octanol–water partition coefficient (Wildman–Crippen LogP) is 2.68. The molecular weight excluding hydrogens is 132 g/mol. The van der Waals surface area contributed by atoms with E-state index in [-0.39, 0.29) is 0 Å². The molecule has 2 aliphatic carbocycles. The predicted molar refractivity (Wildman–Crippen MR) is 46.1 cm³/mol. The molecule has 0 nitrogen and oxygen atoms in total. The van der Waals surface area contributed by atoms with Gasteiger partial charge in [0.15, 0.2) is 0 Å². The van der Waals surface area contributed by atoms with Crippen molar-refractivity contribution in [3.8, 4) is 0 Å². The largest absolute Gasteiger partial charge is 0.0801 e. The molecule has 11 heavy (non-hydrogen) atoms. The third-order valence-corrected chi connectivity index (χ3v) is 1.77. The highest BCUT2D eigenvalue weighted by atomic mass is 14.0. The number of rotatable bonds is 0. The second-order valence-electron chi connectivity index (χ2n) is 2.53. The molecule has 0 aliphatic heterocycles. The lowest BCUT2D eigenvalue weighted by atomic mass is 10.0. The van der Waals surface area contributed by atoms with E-state index in [0.29, 0.717) is 0 Å². The van der Waals surface area contributed by atoms with Crippen LogP contribution in [0.4, 0.5) is 0 Å². The second kappa shape index (κ2) is 2.64.